The molecule has 2 aromatic rings. The van der Waals surface area contributed by atoms with Gasteiger partial charge in [-0.25, -0.2) is 0 Å². The second kappa shape index (κ2) is 6.37. The van der Waals surface area contributed by atoms with E-state index in [4.69, 9.17) is 0 Å². The van der Waals surface area contributed by atoms with Gasteiger partial charge in [0.2, 0.25) is 5.91 Å². The number of nitrogens with one attached hydrogen (secondary N) is 1. The first-order valence-electron chi connectivity index (χ1n) is 8.03. The molecule has 0 fully saturated rings. The van der Waals surface area contributed by atoms with Gasteiger partial charge in [-0.15, -0.1) is 0 Å². The van der Waals surface area contributed by atoms with E-state index in [0.717, 1.165) is 18.4 Å². The van der Waals surface area contributed by atoms with Crippen LogP contribution >= 0.6 is 0 Å². The first kappa shape index (κ1) is 15.5. The third-order valence-corrected chi connectivity index (χ3v) is 4.59. The van der Waals surface area contributed by atoms with Crippen molar-refractivity contribution >= 4 is 11.7 Å². The second-order valence-electron chi connectivity index (χ2n) is 6.19. The fraction of sp³-hybridized carbons (Fsp3) is 0.300. The van der Waals surface area contributed by atoms with E-state index in [1.54, 1.807) is 13.8 Å². The van der Waals surface area contributed by atoms with Gasteiger partial charge in [0.1, 0.15) is 0 Å². The minimum atomic E-state index is 0.00839. The van der Waals surface area contributed by atoms with Crippen molar-refractivity contribution in [2.24, 2.45) is 0 Å². The maximum absolute atomic E-state index is 11.4. The lowest BCUT2D eigenvalue weighted by atomic mass is 9.76. The zero-order chi connectivity index (χ0) is 16.4. The minimum Gasteiger partial charge on any atom is -0.350 e. The summed E-state index contributed by atoms with van der Waals surface area (Å²) >= 11 is 0. The van der Waals surface area contributed by atoms with Gasteiger partial charge < -0.3 is 5.32 Å². The van der Waals surface area contributed by atoms with Gasteiger partial charge in [-0.2, -0.15) is 0 Å². The van der Waals surface area contributed by atoms with Crippen molar-refractivity contribution in [2.75, 3.05) is 0 Å². The average Bonchev–Trinajstić information content (AvgIpc) is 2.55. The third-order valence-electron chi connectivity index (χ3n) is 4.59. The van der Waals surface area contributed by atoms with Crippen molar-refractivity contribution in [3.05, 3.63) is 70.8 Å². The number of benzene rings is 2. The molecule has 1 aliphatic carbocycles. The lowest BCUT2D eigenvalue weighted by molar-refractivity contribution is -0.119. The van der Waals surface area contributed by atoms with Crippen molar-refractivity contribution in [3.8, 4) is 0 Å². The van der Waals surface area contributed by atoms with Gasteiger partial charge in [0, 0.05) is 18.4 Å². The van der Waals surface area contributed by atoms with Crippen molar-refractivity contribution in [1.29, 1.82) is 0 Å². The summed E-state index contributed by atoms with van der Waals surface area (Å²) in [5, 5.41) is 3.05. The maximum Gasteiger partial charge on any atom is 0.217 e. The molecule has 2 atom stereocenters. The van der Waals surface area contributed by atoms with E-state index in [2.05, 4.69) is 29.6 Å². The third kappa shape index (κ3) is 3.19. The van der Waals surface area contributed by atoms with Crippen LogP contribution in [0.5, 0.6) is 0 Å². The summed E-state index contributed by atoms with van der Waals surface area (Å²) in [5.41, 5.74) is 4.44. The molecule has 1 amide bonds. The van der Waals surface area contributed by atoms with Crippen LogP contribution in [0.2, 0.25) is 0 Å². The van der Waals surface area contributed by atoms with Crippen LogP contribution in [-0.4, -0.2) is 11.7 Å². The summed E-state index contributed by atoms with van der Waals surface area (Å²) in [6.07, 6.45) is 1.91. The summed E-state index contributed by atoms with van der Waals surface area (Å²) in [4.78, 5) is 22.9. The Kier molecular flexibility index (Phi) is 4.28. The largest absolute Gasteiger partial charge is 0.350 e. The number of carbonyl (C=O) groups is 2. The van der Waals surface area contributed by atoms with Crippen LogP contribution in [-0.2, 0) is 4.79 Å². The van der Waals surface area contributed by atoms with E-state index in [1.165, 1.54) is 16.7 Å². The standard InChI is InChI=1S/C20H21NO2/c1-13(22)15-7-9-16(10-8-15)17-11-12-20(21-14(2)23)19-6-4-3-5-18(17)19/h3-10,17,20H,11-12H2,1-2H3,(H,21,23)/t17-,20-/m1/s1. The van der Waals surface area contributed by atoms with Crippen LogP contribution in [0.3, 0.4) is 0 Å². The molecular formula is C20H21NO2. The molecule has 0 heterocycles. The highest BCUT2D eigenvalue weighted by Gasteiger charge is 2.28. The van der Waals surface area contributed by atoms with Gasteiger partial charge in [-0.1, -0.05) is 48.5 Å². The van der Waals surface area contributed by atoms with Crippen LogP contribution in [0.15, 0.2) is 48.5 Å². The number of carbonyl (C=O) groups excluding carboxylic acids is 2. The summed E-state index contributed by atoms with van der Waals surface area (Å²) in [7, 11) is 0. The quantitative estimate of drug-likeness (QED) is 0.871. The summed E-state index contributed by atoms with van der Waals surface area (Å²) in [6, 6.07) is 16.3. The van der Waals surface area contributed by atoms with Crippen LogP contribution < -0.4 is 5.32 Å². The molecular weight excluding hydrogens is 286 g/mol. The van der Waals surface area contributed by atoms with Gasteiger partial charge in [-0.05, 0) is 36.5 Å². The summed E-state index contributed by atoms with van der Waals surface area (Å²) in [5.74, 6) is 0.414. The Hall–Kier alpha value is -2.42. The monoisotopic (exact) mass is 307 g/mol. The normalized spacial score (nSPS) is 19.7. The number of Topliss-reactive ketones (excluding diaryl/α,β-unsaturated/α-hetero) is 1. The number of fused-ring (bicyclic) bond motifs is 1. The Labute approximate surface area is 136 Å². The molecule has 0 aliphatic heterocycles. The Morgan fingerprint density at radius 1 is 0.913 bits per heavy atom. The summed E-state index contributed by atoms with van der Waals surface area (Å²) < 4.78 is 0. The molecule has 23 heavy (non-hydrogen) atoms. The number of ketones is 1. The van der Waals surface area contributed by atoms with E-state index < -0.39 is 0 Å². The zero-order valence-corrected chi connectivity index (χ0v) is 13.5. The topological polar surface area (TPSA) is 46.2 Å². The molecule has 0 unspecified atom stereocenters. The molecule has 1 N–H and O–H groups in total. The van der Waals surface area contributed by atoms with Gasteiger partial charge in [0.15, 0.2) is 5.78 Å². The Morgan fingerprint density at radius 3 is 2.17 bits per heavy atom. The molecule has 3 rings (SSSR count). The Balaban J connectivity index is 1.94. The fourth-order valence-corrected chi connectivity index (χ4v) is 3.48. The van der Waals surface area contributed by atoms with Gasteiger partial charge in [-0.3, -0.25) is 9.59 Å². The molecule has 0 saturated heterocycles. The number of rotatable bonds is 3. The lowest BCUT2D eigenvalue weighted by Gasteiger charge is -2.32. The van der Waals surface area contributed by atoms with E-state index >= 15 is 0 Å². The van der Waals surface area contributed by atoms with E-state index in [9.17, 15) is 9.59 Å². The maximum atomic E-state index is 11.4. The molecule has 3 nitrogen and oxygen atoms in total. The van der Waals surface area contributed by atoms with Crippen LogP contribution in [0.25, 0.3) is 0 Å². The molecule has 118 valence electrons. The van der Waals surface area contributed by atoms with Crippen LogP contribution in [0.4, 0.5) is 0 Å². The lowest BCUT2D eigenvalue weighted by Crippen LogP contribution is -2.30. The predicted molar refractivity (Wildman–Crippen MR) is 90.5 cm³/mol. The molecule has 0 aromatic heterocycles. The van der Waals surface area contributed by atoms with E-state index in [-0.39, 0.29) is 17.7 Å². The SMILES string of the molecule is CC(=O)N[C@@H]1CC[C@H](c2ccc(C(C)=O)cc2)c2ccccc21. The molecule has 2 aromatic carbocycles. The van der Waals surface area contributed by atoms with Crippen molar-refractivity contribution < 1.29 is 9.59 Å². The molecule has 0 radical (unpaired) electrons. The highest BCUT2D eigenvalue weighted by atomic mass is 16.1. The molecule has 0 saturated carbocycles. The first-order valence-corrected chi connectivity index (χ1v) is 8.03. The number of hydrogen-bond acceptors (Lipinski definition) is 2. The van der Waals surface area contributed by atoms with Gasteiger partial charge >= 0.3 is 0 Å². The second-order valence-corrected chi connectivity index (χ2v) is 6.19. The summed E-state index contributed by atoms with van der Waals surface area (Å²) in [6.45, 7) is 3.15. The average molecular weight is 307 g/mol. The Bertz CT molecular complexity index is 734. The number of amides is 1. The number of hydrogen-bond donors (Lipinski definition) is 1. The van der Waals surface area contributed by atoms with E-state index in [0.29, 0.717) is 5.92 Å². The zero-order valence-electron chi connectivity index (χ0n) is 13.5. The molecule has 3 heteroatoms. The van der Waals surface area contributed by atoms with Gasteiger partial charge in [0.25, 0.3) is 0 Å². The van der Waals surface area contributed by atoms with Crippen LogP contribution in [0.1, 0.15) is 65.7 Å². The van der Waals surface area contributed by atoms with Crippen molar-refractivity contribution in [1.82, 2.24) is 5.32 Å². The van der Waals surface area contributed by atoms with Gasteiger partial charge in [0.05, 0.1) is 6.04 Å². The van der Waals surface area contributed by atoms with Crippen molar-refractivity contribution in [2.45, 2.75) is 38.6 Å². The highest BCUT2D eigenvalue weighted by molar-refractivity contribution is 5.94. The minimum absolute atomic E-state index is 0.00839. The first-order chi connectivity index (χ1) is 11.1. The van der Waals surface area contributed by atoms with E-state index in [1.807, 2.05) is 24.3 Å². The Morgan fingerprint density at radius 2 is 1.57 bits per heavy atom. The highest BCUT2D eigenvalue weighted by Crippen LogP contribution is 2.41. The smallest absolute Gasteiger partial charge is 0.217 e. The molecule has 0 bridgehead atoms. The fourth-order valence-electron chi connectivity index (χ4n) is 3.48. The predicted octanol–water partition coefficient (Wildman–Crippen LogP) is 3.99. The molecule has 1 aliphatic rings. The van der Waals surface area contributed by atoms with Crippen LogP contribution in [0, 0.1) is 0 Å². The molecule has 0 spiro atoms. The van der Waals surface area contributed by atoms with Crippen molar-refractivity contribution in [3.63, 3.8) is 0 Å².